The van der Waals surface area contributed by atoms with E-state index >= 15 is 0 Å². The van der Waals surface area contributed by atoms with Gasteiger partial charge in [-0.3, -0.25) is 4.79 Å². The minimum atomic E-state index is 0.225. The van der Waals surface area contributed by atoms with Gasteiger partial charge in [-0.25, -0.2) is 0 Å². The number of hydrogen-bond acceptors (Lipinski definition) is 2. The minimum Gasteiger partial charge on any atom is -0.311 e. The van der Waals surface area contributed by atoms with Gasteiger partial charge >= 0.3 is 0 Å². The van der Waals surface area contributed by atoms with Gasteiger partial charge in [-0.2, -0.15) is 0 Å². The molecule has 3 heteroatoms. The number of nitrogens with one attached hydrogen (secondary N) is 1. The molecule has 0 spiro atoms. The van der Waals surface area contributed by atoms with Crippen molar-refractivity contribution in [2.75, 3.05) is 18.0 Å². The van der Waals surface area contributed by atoms with Gasteiger partial charge in [0.05, 0.1) is 6.54 Å². The Kier molecular flexibility index (Phi) is 4.36. The van der Waals surface area contributed by atoms with E-state index in [2.05, 4.69) is 23.5 Å². The lowest BCUT2D eigenvalue weighted by atomic mass is 9.95. The summed E-state index contributed by atoms with van der Waals surface area (Å²) in [7, 11) is 0. The van der Waals surface area contributed by atoms with E-state index in [1.165, 1.54) is 37.7 Å². The lowest BCUT2D eigenvalue weighted by molar-refractivity contribution is -0.118. The van der Waals surface area contributed by atoms with Crippen molar-refractivity contribution < 1.29 is 4.79 Å². The van der Waals surface area contributed by atoms with Crippen molar-refractivity contribution in [1.29, 1.82) is 0 Å². The third-order valence-corrected chi connectivity index (χ3v) is 4.56. The molecule has 0 radical (unpaired) electrons. The van der Waals surface area contributed by atoms with E-state index in [4.69, 9.17) is 0 Å². The number of anilines is 1. The Bertz CT molecular complexity index is 466. The molecule has 3 rings (SSSR count). The maximum atomic E-state index is 12.5. The number of fused-ring (bicyclic) bond motifs is 1. The van der Waals surface area contributed by atoms with Crippen LogP contribution in [0.15, 0.2) is 24.3 Å². The Labute approximate surface area is 121 Å². The summed E-state index contributed by atoms with van der Waals surface area (Å²) in [6.07, 6.45) is 8.58. The lowest BCUT2D eigenvalue weighted by Crippen LogP contribution is -2.44. The zero-order valence-electron chi connectivity index (χ0n) is 12.1. The van der Waals surface area contributed by atoms with Crippen LogP contribution in [0, 0.1) is 0 Å². The number of hydrogen-bond donors (Lipinski definition) is 1. The summed E-state index contributed by atoms with van der Waals surface area (Å²) in [5.41, 5.74) is 2.43. The third-order valence-electron chi connectivity index (χ3n) is 4.56. The predicted molar refractivity (Wildman–Crippen MR) is 82.0 cm³/mol. The molecule has 1 N–H and O–H groups in total. The summed E-state index contributed by atoms with van der Waals surface area (Å²) < 4.78 is 0. The van der Waals surface area contributed by atoms with Crippen LogP contribution in [0.1, 0.15) is 44.1 Å². The van der Waals surface area contributed by atoms with Crippen LogP contribution in [0.2, 0.25) is 0 Å². The zero-order chi connectivity index (χ0) is 13.8. The summed E-state index contributed by atoms with van der Waals surface area (Å²) >= 11 is 0. The quantitative estimate of drug-likeness (QED) is 0.917. The second kappa shape index (κ2) is 6.40. The fourth-order valence-corrected chi connectivity index (χ4v) is 3.43. The van der Waals surface area contributed by atoms with Crippen LogP contribution in [0.5, 0.6) is 0 Å². The van der Waals surface area contributed by atoms with Crippen LogP contribution < -0.4 is 10.2 Å². The highest BCUT2D eigenvalue weighted by molar-refractivity contribution is 5.95. The summed E-state index contributed by atoms with van der Waals surface area (Å²) in [5, 5.41) is 3.46. The van der Waals surface area contributed by atoms with Gasteiger partial charge in [-0.05, 0) is 37.3 Å². The lowest BCUT2D eigenvalue weighted by Gasteiger charge is -2.30. The number of benzene rings is 1. The van der Waals surface area contributed by atoms with Gasteiger partial charge in [-0.1, -0.05) is 37.5 Å². The standard InChI is InChI=1S/C17H24N2O/c20-17(13-18-15-9-2-1-3-10-15)19-12-6-8-14-7-4-5-11-16(14)19/h4-5,7,11,15,18H,1-3,6,8-10,12-13H2. The highest BCUT2D eigenvalue weighted by Crippen LogP contribution is 2.26. The summed E-state index contributed by atoms with van der Waals surface area (Å²) in [4.78, 5) is 14.4. The molecule has 0 unspecified atom stereocenters. The molecule has 1 aliphatic heterocycles. The van der Waals surface area contributed by atoms with Crippen LogP contribution in [-0.4, -0.2) is 25.0 Å². The Hall–Kier alpha value is -1.35. The average Bonchev–Trinajstić information content (AvgIpc) is 2.53. The van der Waals surface area contributed by atoms with E-state index in [1.54, 1.807) is 0 Å². The molecule has 108 valence electrons. The Balaban J connectivity index is 1.60. The van der Waals surface area contributed by atoms with E-state index in [-0.39, 0.29) is 5.91 Å². The number of rotatable bonds is 3. The van der Waals surface area contributed by atoms with Gasteiger partial charge in [0.25, 0.3) is 0 Å². The Morgan fingerprint density at radius 2 is 1.95 bits per heavy atom. The first-order valence-corrected chi connectivity index (χ1v) is 7.96. The van der Waals surface area contributed by atoms with Gasteiger partial charge in [0.2, 0.25) is 5.91 Å². The highest BCUT2D eigenvalue weighted by Gasteiger charge is 2.22. The number of carbonyl (C=O) groups is 1. The van der Waals surface area contributed by atoms with Crippen LogP contribution in [0.25, 0.3) is 0 Å². The van der Waals surface area contributed by atoms with Crippen molar-refractivity contribution in [3.05, 3.63) is 29.8 Å². The van der Waals surface area contributed by atoms with Gasteiger partial charge in [-0.15, -0.1) is 0 Å². The second-order valence-corrected chi connectivity index (χ2v) is 5.99. The van der Waals surface area contributed by atoms with Crippen molar-refractivity contribution >= 4 is 11.6 Å². The molecule has 1 aromatic carbocycles. The fraction of sp³-hybridized carbons (Fsp3) is 0.588. The number of aryl methyl sites for hydroxylation is 1. The second-order valence-electron chi connectivity index (χ2n) is 5.99. The smallest absolute Gasteiger partial charge is 0.240 e. The van der Waals surface area contributed by atoms with Crippen molar-refractivity contribution in [1.82, 2.24) is 5.32 Å². The van der Waals surface area contributed by atoms with Gasteiger partial charge in [0.1, 0.15) is 0 Å². The first kappa shape index (κ1) is 13.6. The molecule has 20 heavy (non-hydrogen) atoms. The average molecular weight is 272 g/mol. The zero-order valence-corrected chi connectivity index (χ0v) is 12.1. The molecule has 1 aliphatic carbocycles. The Morgan fingerprint density at radius 3 is 2.80 bits per heavy atom. The van der Waals surface area contributed by atoms with E-state index in [1.807, 2.05) is 11.0 Å². The molecule has 1 fully saturated rings. The minimum absolute atomic E-state index is 0.225. The van der Waals surface area contributed by atoms with E-state index < -0.39 is 0 Å². The topological polar surface area (TPSA) is 32.3 Å². The van der Waals surface area contributed by atoms with Crippen LogP contribution in [0.3, 0.4) is 0 Å². The predicted octanol–water partition coefficient (Wildman–Crippen LogP) is 2.89. The molecule has 0 atom stereocenters. The number of nitrogens with zero attached hydrogens (tertiary/aromatic N) is 1. The monoisotopic (exact) mass is 272 g/mol. The third kappa shape index (κ3) is 3.04. The summed E-state index contributed by atoms with van der Waals surface area (Å²) in [6, 6.07) is 8.86. The molecular formula is C17H24N2O. The van der Waals surface area contributed by atoms with Crippen LogP contribution >= 0.6 is 0 Å². The number of amides is 1. The summed E-state index contributed by atoms with van der Waals surface area (Å²) in [6.45, 7) is 1.35. The van der Waals surface area contributed by atoms with Crippen LogP contribution in [0.4, 0.5) is 5.69 Å². The number of para-hydroxylation sites is 1. The van der Waals surface area contributed by atoms with Gasteiger partial charge < -0.3 is 10.2 Å². The van der Waals surface area contributed by atoms with Crippen molar-refractivity contribution in [2.24, 2.45) is 0 Å². The molecule has 0 saturated heterocycles. The largest absolute Gasteiger partial charge is 0.311 e. The fourth-order valence-electron chi connectivity index (χ4n) is 3.43. The van der Waals surface area contributed by atoms with E-state index in [9.17, 15) is 4.79 Å². The van der Waals surface area contributed by atoms with Crippen LogP contribution in [-0.2, 0) is 11.2 Å². The van der Waals surface area contributed by atoms with Gasteiger partial charge in [0, 0.05) is 18.3 Å². The molecule has 2 aliphatic rings. The molecule has 1 heterocycles. The summed E-state index contributed by atoms with van der Waals surface area (Å²) in [5.74, 6) is 0.225. The number of carbonyl (C=O) groups excluding carboxylic acids is 1. The molecule has 1 aromatic rings. The van der Waals surface area contributed by atoms with Crippen molar-refractivity contribution in [3.63, 3.8) is 0 Å². The first-order valence-electron chi connectivity index (χ1n) is 7.96. The van der Waals surface area contributed by atoms with E-state index in [0.717, 1.165) is 25.1 Å². The van der Waals surface area contributed by atoms with Gasteiger partial charge in [0.15, 0.2) is 0 Å². The molecule has 1 amide bonds. The van der Waals surface area contributed by atoms with Crippen molar-refractivity contribution in [2.45, 2.75) is 51.0 Å². The highest BCUT2D eigenvalue weighted by atomic mass is 16.2. The SMILES string of the molecule is O=C(CNC1CCCCC1)N1CCCc2ccccc21. The molecule has 0 aromatic heterocycles. The Morgan fingerprint density at radius 1 is 1.15 bits per heavy atom. The van der Waals surface area contributed by atoms with E-state index in [0.29, 0.717) is 12.6 Å². The molecular weight excluding hydrogens is 248 g/mol. The molecule has 1 saturated carbocycles. The molecule has 3 nitrogen and oxygen atoms in total. The first-order chi connectivity index (χ1) is 9.84. The maximum absolute atomic E-state index is 12.5. The normalized spacial score (nSPS) is 19.7. The van der Waals surface area contributed by atoms with Crippen molar-refractivity contribution in [3.8, 4) is 0 Å². The molecule has 0 bridgehead atoms. The maximum Gasteiger partial charge on any atom is 0.240 e.